The molecule has 0 saturated heterocycles. The molecule has 0 fully saturated rings. The van der Waals surface area contributed by atoms with Crippen molar-refractivity contribution in [1.29, 1.82) is 0 Å². The largest absolute Gasteiger partial charge is 0.464 e. The second kappa shape index (κ2) is 14.5. The Balaban J connectivity index is 0.00000676. The van der Waals surface area contributed by atoms with Gasteiger partial charge in [0.25, 0.3) is 5.91 Å². The van der Waals surface area contributed by atoms with Crippen LogP contribution in [0.2, 0.25) is 0 Å². The van der Waals surface area contributed by atoms with Gasteiger partial charge >= 0.3 is 5.97 Å². The third kappa shape index (κ3) is 11.0. The molecule has 0 heterocycles. The van der Waals surface area contributed by atoms with Gasteiger partial charge in [0.05, 0.1) is 6.42 Å². The molecule has 0 saturated carbocycles. The number of ether oxygens (including phenoxy) is 1. The van der Waals surface area contributed by atoms with Crippen molar-refractivity contribution >= 4 is 24.3 Å². The standard InChI is InChI=1S/C21H34N2O3.ClH/c1-5-23(6-2)12-13-26-20(24)15-18(14-17(3)4)16-22-21(25)19-10-8-7-9-11-19;/h7-11,17-18H,5-6,12-16H2,1-4H3,(H,22,25);1H/t18-;/m0./s1. The lowest BCUT2D eigenvalue weighted by Crippen LogP contribution is -2.32. The minimum absolute atomic E-state index is 0. The summed E-state index contributed by atoms with van der Waals surface area (Å²) in [6.45, 7) is 12.0. The second-order valence-corrected chi connectivity index (χ2v) is 7.02. The topological polar surface area (TPSA) is 58.6 Å². The smallest absolute Gasteiger partial charge is 0.306 e. The summed E-state index contributed by atoms with van der Waals surface area (Å²) < 4.78 is 5.39. The average molecular weight is 399 g/mol. The Hall–Kier alpha value is -1.59. The fraction of sp³-hybridized carbons (Fsp3) is 0.619. The van der Waals surface area contributed by atoms with E-state index in [0.29, 0.717) is 31.1 Å². The van der Waals surface area contributed by atoms with Crippen molar-refractivity contribution in [2.24, 2.45) is 11.8 Å². The molecule has 0 unspecified atom stereocenters. The number of nitrogens with zero attached hydrogens (tertiary/aromatic N) is 1. The van der Waals surface area contributed by atoms with Crippen molar-refractivity contribution in [3.05, 3.63) is 35.9 Å². The molecule has 6 heteroatoms. The first-order chi connectivity index (χ1) is 12.5. The van der Waals surface area contributed by atoms with Crippen LogP contribution in [0.15, 0.2) is 30.3 Å². The van der Waals surface area contributed by atoms with Crippen LogP contribution in [0.1, 0.15) is 50.9 Å². The van der Waals surface area contributed by atoms with Crippen LogP contribution in [0.5, 0.6) is 0 Å². The highest BCUT2D eigenvalue weighted by Gasteiger charge is 2.18. The van der Waals surface area contributed by atoms with E-state index in [0.717, 1.165) is 26.1 Å². The maximum absolute atomic E-state index is 12.2. The molecule has 0 bridgehead atoms. The first-order valence-electron chi connectivity index (χ1n) is 9.67. The normalized spacial score (nSPS) is 11.8. The number of rotatable bonds is 12. The lowest BCUT2D eigenvalue weighted by Gasteiger charge is -2.20. The van der Waals surface area contributed by atoms with Gasteiger partial charge in [-0.25, -0.2) is 0 Å². The molecule has 1 N–H and O–H groups in total. The summed E-state index contributed by atoms with van der Waals surface area (Å²) in [5, 5.41) is 2.95. The molecule has 0 radical (unpaired) electrons. The van der Waals surface area contributed by atoms with Crippen molar-refractivity contribution in [2.45, 2.75) is 40.5 Å². The molecule has 0 aliphatic heterocycles. The Bertz CT molecular complexity index is 533. The summed E-state index contributed by atoms with van der Waals surface area (Å²) in [6, 6.07) is 9.14. The Morgan fingerprint density at radius 3 is 2.30 bits per heavy atom. The zero-order valence-corrected chi connectivity index (χ0v) is 17.9. The molecule has 1 aromatic carbocycles. The zero-order valence-electron chi connectivity index (χ0n) is 17.1. The van der Waals surface area contributed by atoms with Gasteiger partial charge < -0.3 is 15.0 Å². The van der Waals surface area contributed by atoms with Crippen LogP contribution < -0.4 is 5.32 Å². The minimum atomic E-state index is -0.184. The van der Waals surface area contributed by atoms with Gasteiger partial charge in [0, 0.05) is 18.7 Å². The van der Waals surface area contributed by atoms with Crippen LogP contribution in [0.4, 0.5) is 0 Å². The zero-order chi connectivity index (χ0) is 19.4. The summed E-state index contributed by atoms with van der Waals surface area (Å²) in [4.78, 5) is 26.6. The van der Waals surface area contributed by atoms with Gasteiger partial charge in [-0.3, -0.25) is 9.59 Å². The van der Waals surface area contributed by atoms with Gasteiger partial charge in [0.15, 0.2) is 0 Å². The Kier molecular flexibility index (Phi) is 13.6. The van der Waals surface area contributed by atoms with Crippen LogP contribution >= 0.6 is 12.4 Å². The van der Waals surface area contributed by atoms with Crippen molar-refractivity contribution in [2.75, 3.05) is 32.8 Å². The van der Waals surface area contributed by atoms with Crippen LogP contribution in [0.3, 0.4) is 0 Å². The maximum atomic E-state index is 12.2. The van der Waals surface area contributed by atoms with E-state index in [1.165, 1.54) is 0 Å². The number of carbonyl (C=O) groups excluding carboxylic acids is 2. The van der Waals surface area contributed by atoms with Crippen molar-refractivity contribution < 1.29 is 14.3 Å². The SMILES string of the molecule is CCN(CC)CCOC(=O)C[C@@H](CNC(=O)c1ccccc1)CC(C)C.Cl. The van der Waals surface area contributed by atoms with Crippen LogP contribution in [0.25, 0.3) is 0 Å². The molecular weight excluding hydrogens is 364 g/mol. The highest BCUT2D eigenvalue weighted by Crippen LogP contribution is 2.16. The fourth-order valence-corrected chi connectivity index (χ4v) is 2.96. The minimum Gasteiger partial charge on any atom is -0.464 e. The molecule has 1 amide bonds. The summed E-state index contributed by atoms with van der Waals surface area (Å²) >= 11 is 0. The number of amides is 1. The lowest BCUT2D eigenvalue weighted by molar-refractivity contribution is -0.145. The van der Waals surface area contributed by atoms with E-state index < -0.39 is 0 Å². The molecule has 1 rings (SSSR count). The van der Waals surface area contributed by atoms with Gasteiger partial charge in [-0.2, -0.15) is 0 Å². The molecule has 0 aromatic heterocycles. The number of benzene rings is 1. The van der Waals surface area contributed by atoms with E-state index in [4.69, 9.17) is 4.74 Å². The van der Waals surface area contributed by atoms with Crippen LogP contribution in [-0.2, 0) is 9.53 Å². The molecule has 5 nitrogen and oxygen atoms in total. The maximum Gasteiger partial charge on any atom is 0.306 e. The highest BCUT2D eigenvalue weighted by molar-refractivity contribution is 5.94. The molecule has 1 atom stereocenters. The van der Waals surface area contributed by atoms with Crippen molar-refractivity contribution in [3.8, 4) is 0 Å². The number of halogens is 1. The number of carbonyl (C=O) groups is 2. The number of hydrogen-bond donors (Lipinski definition) is 1. The van der Waals surface area contributed by atoms with Crippen LogP contribution in [-0.4, -0.2) is 49.6 Å². The lowest BCUT2D eigenvalue weighted by atomic mass is 9.94. The highest BCUT2D eigenvalue weighted by atomic mass is 35.5. The van der Waals surface area contributed by atoms with Gasteiger partial charge in [-0.15, -0.1) is 12.4 Å². The van der Waals surface area contributed by atoms with Gasteiger partial charge in [-0.05, 0) is 43.5 Å². The first-order valence-corrected chi connectivity index (χ1v) is 9.67. The van der Waals surface area contributed by atoms with E-state index in [-0.39, 0.29) is 30.2 Å². The van der Waals surface area contributed by atoms with E-state index in [1.807, 2.05) is 18.2 Å². The summed E-state index contributed by atoms with van der Waals surface area (Å²) in [7, 11) is 0. The number of esters is 1. The summed E-state index contributed by atoms with van der Waals surface area (Å²) in [5.74, 6) is 0.256. The molecule has 0 aliphatic rings. The fourth-order valence-electron chi connectivity index (χ4n) is 2.96. The van der Waals surface area contributed by atoms with E-state index in [2.05, 4.69) is 37.9 Å². The number of likely N-dealkylation sites (N-methyl/N-ethyl adjacent to an activating group) is 1. The van der Waals surface area contributed by atoms with Gasteiger partial charge in [-0.1, -0.05) is 45.9 Å². The first kappa shape index (κ1) is 25.4. The predicted molar refractivity (Wildman–Crippen MR) is 112 cm³/mol. The summed E-state index contributed by atoms with van der Waals surface area (Å²) in [6.07, 6.45) is 1.21. The average Bonchev–Trinajstić information content (AvgIpc) is 2.63. The predicted octanol–water partition coefficient (Wildman–Crippen LogP) is 3.78. The quantitative estimate of drug-likeness (QED) is 0.544. The summed E-state index contributed by atoms with van der Waals surface area (Å²) in [5.41, 5.74) is 0.637. The van der Waals surface area contributed by atoms with E-state index >= 15 is 0 Å². The molecular formula is C21H35ClN2O3. The molecule has 0 aliphatic carbocycles. The monoisotopic (exact) mass is 398 g/mol. The van der Waals surface area contributed by atoms with Gasteiger partial charge in [0.2, 0.25) is 0 Å². The van der Waals surface area contributed by atoms with E-state index in [1.54, 1.807) is 12.1 Å². The Morgan fingerprint density at radius 1 is 1.11 bits per heavy atom. The van der Waals surface area contributed by atoms with E-state index in [9.17, 15) is 9.59 Å². The molecule has 1 aromatic rings. The van der Waals surface area contributed by atoms with Gasteiger partial charge in [0.1, 0.15) is 6.61 Å². The van der Waals surface area contributed by atoms with Crippen molar-refractivity contribution in [1.82, 2.24) is 10.2 Å². The van der Waals surface area contributed by atoms with Crippen LogP contribution in [0, 0.1) is 11.8 Å². The molecule has 0 spiro atoms. The Labute approximate surface area is 170 Å². The number of nitrogens with one attached hydrogen (secondary N) is 1. The Morgan fingerprint density at radius 2 is 1.74 bits per heavy atom. The number of hydrogen-bond acceptors (Lipinski definition) is 4. The molecule has 154 valence electrons. The molecule has 27 heavy (non-hydrogen) atoms. The van der Waals surface area contributed by atoms with Crippen molar-refractivity contribution in [3.63, 3.8) is 0 Å². The second-order valence-electron chi connectivity index (χ2n) is 7.02. The third-order valence-corrected chi connectivity index (χ3v) is 4.41. The third-order valence-electron chi connectivity index (χ3n) is 4.41.